The largest absolute Gasteiger partial charge is 0.462 e. The van der Waals surface area contributed by atoms with Crippen molar-refractivity contribution in [3.8, 4) is 0 Å². The summed E-state index contributed by atoms with van der Waals surface area (Å²) in [4.78, 5) is 24.1. The summed E-state index contributed by atoms with van der Waals surface area (Å²) >= 11 is 1.38. The third-order valence-electron chi connectivity index (χ3n) is 5.36. The second kappa shape index (κ2) is 14.3. The van der Waals surface area contributed by atoms with E-state index in [4.69, 9.17) is 4.74 Å². The van der Waals surface area contributed by atoms with Gasteiger partial charge in [0.05, 0.1) is 18.3 Å². The molecule has 1 fully saturated rings. The number of esters is 1. The molecule has 0 aliphatic carbocycles. The van der Waals surface area contributed by atoms with Crippen LogP contribution in [-0.2, 0) is 4.74 Å². The van der Waals surface area contributed by atoms with E-state index in [0.29, 0.717) is 17.2 Å². The molecular weight excluding hydrogens is 525 g/mol. The van der Waals surface area contributed by atoms with E-state index in [1.54, 1.807) is 7.05 Å². The summed E-state index contributed by atoms with van der Waals surface area (Å²) in [5.74, 6) is 2.09. The van der Waals surface area contributed by atoms with Crippen LogP contribution >= 0.6 is 35.3 Å². The van der Waals surface area contributed by atoms with Crippen molar-refractivity contribution in [1.29, 1.82) is 0 Å². The van der Waals surface area contributed by atoms with Crippen molar-refractivity contribution < 1.29 is 9.53 Å². The summed E-state index contributed by atoms with van der Waals surface area (Å²) in [6, 6.07) is -0.0422. The maximum absolute atomic E-state index is 12.0. The van der Waals surface area contributed by atoms with Gasteiger partial charge in [-0.3, -0.25) is 4.99 Å². The van der Waals surface area contributed by atoms with E-state index < -0.39 is 0 Å². The molecular formula is C22H40IN5O2S. The highest BCUT2D eigenvalue weighted by Crippen LogP contribution is 2.24. The molecule has 9 heteroatoms. The summed E-state index contributed by atoms with van der Waals surface area (Å²) < 4.78 is 5.11. The molecule has 0 aromatic carbocycles. The molecule has 1 aromatic rings. The SMILES string of the molecule is CCOC(=O)c1sc(C(C)NC(=NC)NCCCCN2CC(C)CC(C)C2)nc1C.I. The van der Waals surface area contributed by atoms with E-state index >= 15 is 0 Å². The number of aromatic nitrogens is 1. The van der Waals surface area contributed by atoms with E-state index in [1.165, 1.54) is 43.8 Å². The first-order chi connectivity index (χ1) is 14.3. The van der Waals surface area contributed by atoms with Gasteiger partial charge in [-0.05, 0) is 58.4 Å². The van der Waals surface area contributed by atoms with Crippen LogP contribution in [0.1, 0.15) is 73.4 Å². The smallest absolute Gasteiger partial charge is 0.350 e. The minimum absolute atomic E-state index is 0. The highest BCUT2D eigenvalue weighted by molar-refractivity contribution is 14.0. The van der Waals surface area contributed by atoms with Crippen LogP contribution < -0.4 is 10.6 Å². The second-order valence-electron chi connectivity index (χ2n) is 8.46. The normalized spacial score (nSPS) is 20.6. The van der Waals surface area contributed by atoms with Crippen LogP contribution in [0.5, 0.6) is 0 Å². The lowest BCUT2D eigenvalue weighted by molar-refractivity contribution is 0.0531. The van der Waals surface area contributed by atoms with Gasteiger partial charge in [0, 0.05) is 26.7 Å². The molecule has 0 saturated carbocycles. The van der Waals surface area contributed by atoms with Gasteiger partial charge < -0.3 is 20.3 Å². The standard InChI is InChI=1S/C22H39N5O2S.HI/c1-7-29-21(28)19-17(4)25-20(30-19)18(5)26-22(23-6)24-10-8-9-11-27-13-15(2)12-16(3)14-27;/h15-16,18H,7-14H2,1-6H3,(H2,23,24,26);1H. The fourth-order valence-corrected chi connectivity index (χ4v) is 5.05. The van der Waals surface area contributed by atoms with Crippen molar-refractivity contribution >= 4 is 47.2 Å². The number of unbranched alkanes of at least 4 members (excludes halogenated alkanes) is 1. The predicted octanol–water partition coefficient (Wildman–Crippen LogP) is 4.23. The van der Waals surface area contributed by atoms with Gasteiger partial charge >= 0.3 is 5.97 Å². The van der Waals surface area contributed by atoms with Crippen LogP contribution in [0.4, 0.5) is 0 Å². The number of piperidine rings is 1. The fourth-order valence-electron chi connectivity index (χ4n) is 4.09. The van der Waals surface area contributed by atoms with Crippen LogP contribution in [0, 0.1) is 18.8 Å². The van der Waals surface area contributed by atoms with Crippen LogP contribution in [0.15, 0.2) is 4.99 Å². The first-order valence-electron chi connectivity index (χ1n) is 11.2. The average molecular weight is 566 g/mol. The summed E-state index contributed by atoms with van der Waals surface area (Å²) in [6.45, 7) is 15.3. The average Bonchev–Trinajstić information content (AvgIpc) is 3.08. The minimum Gasteiger partial charge on any atom is -0.462 e. The molecule has 2 heterocycles. The van der Waals surface area contributed by atoms with Gasteiger partial charge in [0.25, 0.3) is 0 Å². The Morgan fingerprint density at radius 3 is 2.61 bits per heavy atom. The Kier molecular flexibility index (Phi) is 12.9. The van der Waals surface area contributed by atoms with Crippen molar-refractivity contribution in [3.05, 3.63) is 15.6 Å². The zero-order valence-corrected chi connectivity index (χ0v) is 23.0. The molecule has 1 aliphatic rings. The van der Waals surface area contributed by atoms with E-state index in [0.717, 1.165) is 35.8 Å². The van der Waals surface area contributed by atoms with Gasteiger partial charge in [0.15, 0.2) is 5.96 Å². The Morgan fingerprint density at radius 1 is 1.32 bits per heavy atom. The van der Waals surface area contributed by atoms with Gasteiger partial charge in [-0.1, -0.05) is 13.8 Å². The summed E-state index contributed by atoms with van der Waals surface area (Å²) in [5.41, 5.74) is 0.714. The quantitative estimate of drug-likeness (QED) is 0.154. The Morgan fingerprint density at radius 2 is 2.00 bits per heavy atom. The number of guanidine groups is 1. The fraction of sp³-hybridized carbons (Fsp3) is 0.773. The molecule has 0 spiro atoms. The second-order valence-corrected chi connectivity index (χ2v) is 9.50. The van der Waals surface area contributed by atoms with Crippen molar-refractivity contribution in [2.75, 3.05) is 39.8 Å². The van der Waals surface area contributed by atoms with E-state index in [2.05, 4.69) is 39.4 Å². The van der Waals surface area contributed by atoms with Gasteiger partial charge in [0.2, 0.25) is 0 Å². The van der Waals surface area contributed by atoms with Crippen molar-refractivity contribution in [2.45, 2.75) is 59.9 Å². The molecule has 1 saturated heterocycles. The van der Waals surface area contributed by atoms with Gasteiger partial charge in [0.1, 0.15) is 9.88 Å². The highest BCUT2D eigenvalue weighted by Gasteiger charge is 2.21. The zero-order valence-electron chi connectivity index (χ0n) is 19.9. The first-order valence-corrected chi connectivity index (χ1v) is 12.0. The van der Waals surface area contributed by atoms with Crippen molar-refractivity contribution in [1.82, 2.24) is 20.5 Å². The van der Waals surface area contributed by atoms with Gasteiger partial charge in [-0.25, -0.2) is 9.78 Å². The number of rotatable bonds is 9. The number of likely N-dealkylation sites (tertiary alicyclic amines) is 1. The molecule has 3 unspecified atom stereocenters. The molecule has 0 radical (unpaired) electrons. The van der Waals surface area contributed by atoms with E-state index in [-0.39, 0.29) is 36.0 Å². The maximum Gasteiger partial charge on any atom is 0.350 e. The first kappa shape index (κ1) is 28.1. The van der Waals surface area contributed by atoms with Crippen molar-refractivity contribution in [3.63, 3.8) is 0 Å². The number of carbonyl (C=O) groups is 1. The van der Waals surface area contributed by atoms with Crippen LogP contribution in [0.25, 0.3) is 0 Å². The lowest BCUT2D eigenvalue weighted by atomic mass is 9.92. The van der Waals surface area contributed by atoms with Crippen molar-refractivity contribution in [2.24, 2.45) is 16.8 Å². The number of aliphatic imine (C=N–C) groups is 1. The Bertz CT molecular complexity index is 702. The molecule has 7 nitrogen and oxygen atoms in total. The van der Waals surface area contributed by atoms with Gasteiger partial charge in [-0.2, -0.15) is 0 Å². The number of hydrogen-bond donors (Lipinski definition) is 2. The molecule has 2 N–H and O–H groups in total. The number of ether oxygens (including phenoxy) is 1. The van der Waals surface area contributed by atoms with Crippen LogP contribution in [0.3, 0.4) is 0 Å². The zero-order chi connectivity index (χ0) is 22.1. The third kappa shape index (κ3) is 9.21. The summed E-state index contributed by atoms with van der Waals surface area (Å²) in [7, 11) is 1.77. The number of nitrogens with zero attached hydrogens (tertiary/aromatic N) is 3. The number of nitrogens with one attached hydrogen (secondary N) is 2. The van der Waals surface area contributed by atoms with Crippen LogP contribution in [0.2, 0.25) is 0 Å². The molecule has 31 heavy (non-hydrogen) atoms. The predicted molar refractivity (Wildman–Crippen MR) is 140 cm³/mol. The monoisotopic (exact) mass is 565 g/mol. The Labute approximate surface area is 208 Å². The number of hydrogen-bond acceptors (Lipinski definition) is 6. The van der Waals surface area contributed by atoms with Crippen LogP contribution in [-0.4, -0.2) is 61.6 Å². The Hall–Kier alpha value is -0.940. The molecule has 2 rings (SSSR count). The lowest BCUT2D eigenvalue weighted by Crippen LogP contribution is -2.40. The molecule has 1 aliphatic heterocycles. The number of aryl methyl sites for hydroxylation is 1. The molecule has 1 aromatic heterocycles. The minimum atomic E-state index is -0.300. The number of carbonyl (C=O) groups excluding carboxylic acids is 1. The highest BCUT2D eigenvalue weighted by atomic mass is 127. The molecule has 3 atom stereocenters. The van der Waals surface area contributed by atoms with Gasteiger partial charge in [-0.15, -0.1) is 35.3 Å². The molecule has 0 bridgehead atoms. The molecule has 178 valence electrons. The number of thiazole rings is 1. The van der Waals surface area contributed by atoms with E-state index in [9.17, 15) is 4.79 Å². The summed E-state index contributed by atoms with van der Waals surface area (Å²) in [5, 5.41) is 7.62. The molecule has 0 amide bonds. The third-order valence-corrected chi connectivity index (χ3v) is 6.68. The number of halogens is 1. The maximum atomic E-state index is 12.0. The summed E-state index contributed by atoms with van der Waals surface area (Å²) in [6.07, 6.45) is 3.66. The lowest BCUT2D eigenvalue weighted by Gasteiger charge is -2.34. The Balaban J connectivity index is 0.00000480. The van der Waals surface area contributed by atoms with E-state index in [1.807, 2.05) is 20.8 Å². The topological polar surface area (TPSA) is 78.8 Å².